The monoisotopic (exact) mass is 259 g/mol. The van der Waals surface area contributed by atoms with E-state index in [1.807, 2.05) is 17.0 Å². The average Bonchev–Trinajstić information content (AvgIpc) is 3.14. The van der Waals surface area contributed by atoms with Crippen molar-refractivity contribution in [2.75, 3.05) is 13.7 Å². The molecule has 1 fully saturated rings. The van der Waals surface area contributed by atoms with E-state index >= 15 is 0 Å². The number of amides is 1. The molecular formula is C15H17NO3. The molecule has 1 aliphatic carbocycles. The van der Waals surface area contributed by atoms with Crippen LogP contribution in [-0.4, -0.2) is 36.8 Å². The number of carbonyl (C=O) groups excluding carboxylic acids is 1. The van der Waals surface area contributed by atoms with Crippen LogP contribution in [0.15, 0.2) is 30.9 Å². The Hall–Kier alpha value is -1.97. The number of nitrogens with zero attached hydrogens (tertiary/aromatic N) is 1. The summed E-state index contributed by atoms with van der Waals surface area (Å²) in [6, 6.07) is 6.64. The molecule has 0 unspecified atom stereocenters. The van der Waals surface area contributed by atoms with Crippen LogP contribution < -0.4 is 4.74 Å². The third-order valence-corrected chi connectivity index (χ3v) is 3.90. The van der Waals surface area contributed by atoms with E-state index in [2.05, 4.69) is 12.6 Å². The zero-order chi connectivity index (χ0) is 13.4. The Bertz CT molecular complexity index is 526. The maximum Gasteiger partial charge on any atom is 0.410 e. The van der Waals surface area contributed by atoms with Crippen molar-refractivity contribution in [3.05, 3.63) is 42.0 Å². The zero-order valence-electron chi connectivity index (χ0n) is 11.0. The lowest BCUT2D eigenvalue weighted by atomic mass is 9.91. The smallest absolute Gasteiger partial charge is 0.410 e. The number of carbonyl (C=O) groups is 1. The van der Waals surface area contributed by atoms with Crippen LogP contribution in [0.4, 0.5) is 4.79 Å². The fraction of sp³-hybridized carbons (Fsp3) is 0.400. The van der Waals surface area contributed by atoms with Crippen molar-refractivity contribution in [2.24, 2.45) is 0 Å². The van der Waals surface area contributed by atoms with Gasteiger partial charge in [-0.25, -0.2) is 4.79 Å². The Morgan fingerprint density at radius 2 is 2.26 bits per heavy atom. The molecule has 0 aromatic heterocycles. The molecule has 19 heavy (non-hydrogen) atoms. The quantitative estimate of drug-likeness (QED) is 0.617. The number of rotatable bonds is 3. The third-order valence-electron chi connectivity index (χ3n) is 3.90. The summed E-state index contributed by atoms with van der Waals surface area (Å²) in [4.78, 5) is 13.7. The van der Waals surface area contributed by atoms with E-state index in [0.29, 0.717) is 0 Å². The molecule has 1 aromatic rings. The predicted molar refractivity (Wildman–Crippen MR) is 71.4 cm³/mol. The number of hydrogen-bond acceptors (Lipinski definition) is 3. The standard InChI is InChI=1S/C15H17NO3/c1-3-7-19-15(17)16-12-8-10-5-4-6-14(18-2)11(10)9-13(12)16/h3-6,12-13H,1,7-9H2,2H3/t12-,13+,16?/m0/s1. The number of benzene rings is 1. The Balaban J connectivity index is 1.75. The highest BCUT2D eigenvalue weighted by atomic mass is 16.6. The highest BCUT2D eigenvalue weighted by Crippen LogP contribution is 2.42. The first-order valence-electron chi connectivity index (χ1n) is 6.47. The predicted octanol–water partition coefficient (Wildman–Crippen LogP) is 2.17. The molecule has 3 rings (SSSR count). The topological polar surface area (TPSA) is 38.5 Å². The largest absolute Gasteiger partial charge is 0.496 e. The summed E-state index contributed by atoms with van der Waals surface area (Å²) >= 11 is 0. The van der Waals surface area contributed by atoms with Crippen LogP contribution in [0.1, 0.15) is 11.1 Å². The lowest BCUT2D eigenvalue weighted by molar-refractivity contribution is 0.138. The van der Waals surface area contributed by atoms with Gasteiger partial charge in [0.05, 0.1) is 19.2 Å². The number of fused-ring (bicyclic) bond motifs is 2. The van der Waals surface area contributed by atoms with Gasteiger partial charge in [-0.3, -0.25) is 4.90 Å². The molecule has 1 heterocycles. The van der Waals surface area contributed by atoms with Gasteiger partial charge < -0.3 is 9.47 Å². The van der Waals surface area contributed by atoms with Gasteiger partial charge in [0.2, 0.25) is 0 Å². The van der Waals surface area contributed by atoms with Crippen molar-refractivity contribution >= 4 is 6.09 Å². The minimum absolute atomic E-state index is 0.235. The van der Waals surface area contributed by atoms with Crippen molar-refractivity contribution < 1.29 is 14.3 Å². The van der Waals surface area contributed by atoms with Gasteiger partial charge in [-0.2, -0.15) is 0 Å². The van der Waals surface area contributed by atoms with E-state index in [1.165, 1.54) is 11.1 Å². The summed E-state index contributed by atoms with van der Waals surface area (Å²) in [6.07, 6.45) is 3.10. The van der Waals surface area contributed by atoms with E-state index in [4.69, 9.17) is 9.47 Å². The summed E-state index contributed by atoms with van der Waals surface area (Å²) in [5.74, 6) is 0.919. The van der Waals surface area contributed by atoms with E-state index in [1.54, 1.807) is 13.2 Å². The van der Waals surface area contributed by atoms with Gasteiger partial charge in [0.25, 0.3) is 0 Å². The van der Waals surface area contributed by atoms with E-state index in [0.717, 1.165) is 18.6 Å². The molecule has 1 saturated heterocycles. The number of ether oxygens (including phenoxy) is 2. The molecule has 1 amide bonds. The molecule has 2 atom stereocenters. The fourth-order valence-electron chi connectivity index (χ4n) is 2.94. The molecule has 100 valence electrons. The van der Waals surface area contributed by atoms with Crippen LogP contribution in [0.3, 0.4) is 0 Å². The molecule has 0 N–H and O–H groups in total. The van der Waals surface area contributed by atoms with Crippen molar-refractivity contribution in [1.29, 1.82) is 0 Å². The van der Waals surface area contributed by atoms with Crippen LogP contribution in [0.5, 0.6) is 5.75 Å². The molecule has 1 aromatic carbocycles. The second kappa shape index (κ2) is 4.61. The van der Waals surface area contributed by atoms with Crippen molar-refractivity contribution in [2.45, 2.75) is 24.9 Å². The van der Waals surface area contributed by atoms with Crippen LogP contribution in [0.25, 0.3) is 0 Å². The molecular weight excluding hydrogens is 242 g/mol. The molecule has 0 spiro atoms. The highest BCUT2D eigenvalue weighted by molar-refractivity contribution is 5.73. The number of hydrogen-bond donors (Lipinski definition) is 0. The molecule has 4 nitrogen and oxygen atoms in total. The highest BCUT2D eigenvalue weighted by Gasteiger charge is 2.54. The second-order valence-corrected chi connectivity index (χ2v) is 4.91. The lowest BCUT2D eigenvalue weighted by Gasteiger charge is -2.15. The molecule has 0 bridgehead atoms. The SMILES string of the molecule is C=CCOC(=O)N1[C@@H]2Cc3c(cccc3OC)C[C@@H]21. The molecule has 0 radical (unpaired) electrons. The second-order valence-electron chi connectivity index (χ2n) is 4.91. The van der Waals surface area contributed by atoms with Crippen LogP contribution in [0, 0.1) is 0 Å². The van der Waals surface area contributed by atoms with E-state index < -0.39 is 0 Å². The Labute approximate surface area is 112 Å². The Morgan fingerprint density at radius 1 is 1.47 bits per heavy atom. The molecule has 1 aliphatic heterocycles. The van der Waals surface area contributed by atoms with Crippen molar-refractivity contribution in [1.82, 2.24) is 4.90 Å². The molecule has 0 saturated carbocycles. The van der Waals surface area contributed by atoms with Crippen molar-refractivity contribution in [3.63, 3.8) is 0 Å². The van der Waals surface area contributed by atoms with Crippen LogP contribution in [0.2, 0.25) is 0 Å². The van der Waals surface area contributed by atoms with Crippen LogP contribution in [-0.2, 0) is 17.6 Å². The fourth-order valence-corrected chi connectivity index (χ4v) is 2.94. The van der Waals surface area contributed by atoms with Gasteiger partial charge in [0, 0.05) is 0 Å². The van der Waals surface area contributed by atoms with Gasteiger partial charge in [-0.15, -0.1) is 0 Å². The molecule has 4 heteroatoms. The normalized spacial score (nSPS) is 23.1. The van der Waals surface area contributed by atoms with Gasteiger partial charge in [0.1, 0.15) is 12.4 Å². The van der Waals surface area contributed by atoms with E-state index in [9.17, 15) is 4.79 Å². The first-order chi connectivity index (χ1) is 9.26. The maximum atomic E-state index is 11.9. The van der Waals surface area contributed by atoms with Gasteiger partial charge in [-0.05, 0) is 30.0 Å². The Kier molecular flexibility index (Phi) is 2.93. The summed E-state index contributed by atoms with van der Waals surface area (Å²) < 4.78 is 10.5. The summed E-state index contributed by atoms with van der Waals surface area (Å²) in [5, 5.41) is 0. The maximum absolute atomic E-state index is 11.9. The zero-order valence-corrected chi connectivity index (χ0v) is 11.0. The average molecular weight is 259 g/mol. The third kappa shape index (κ3) is 1.97. The summed E-state index contributed by atoms with van der Waals surface area (Å²) in [6.45, 7) is 3.81. The summed E-state index contributed by atoms with van der Waals surface area (Å²) in [5.41, 5.74) is 2.50. The van der Waals surface area contributed by atoms with Crippen LogP contribution >= 0.6 is 0 Å². The van der Waals surface area contributed by atoms with E-state index in [-0.39, 0.29) is 24.8 Å². The van der Waals surface area contributed by atoms with Gasteiger partial charge in [0.15, 0.2) is 0 Å². The van der Waals surface area contributed by atoms with Crippen molar-refractivity contribution in [3.8, 4) is 5.75 Å². The first-order valence-corrected chi connectivity index (χ1v) is 6.47. The minimum atomic E-state index is -0.235. The van der Waals surface area contributed by atoms with Gasteiger partial charge in [-0.1, -0.05) is 24.8 Å². The lowest BCUT2D eigenvalue weighted by Crippen LogP contribution is -2.16. The Morgan fingerprint density at radius 3 is 3.00 bits per heavy atom. The minimum Gasteiger partial charge on any atom is -0.496 e. The van der Waals surface area contributed by atoms with Gasteiger partial charge >= 0.3 is 6.09 Å². The first kappa shape index (κ1) is 12.1. The number of methoxy groups -OCH3 is 1. The summed E-state index contributed by atoms with van der Waals surface area (Å²) in [7, 11) is 1.69. The molecule has 2 aliphatic rings.